The smallest absolute Gasteiger partial charge is 0.309 e. The molecule has 0 bridgehead atoms. The molecule has 0 radical (unpaired) electrons. The van der Waals surface area contributed by atoms with Crippen LogP contribution in [0.4, 0.5) is 0 Å². The second kappa shape index (κ2) is 8.18. The van der Waals surface area contributed by atoms with Crippen molar-refractivity contribution in [3.8, 4) is 11.8 Å². The molecule has 1 fully saturated rings. The van der Waals surface area contributed by atoms with Gasteiger partial charge in [-0.05, 0) is 45.0 Å². The third-order valence-electron chi connectivity index (χ3n) is 3.54. The first-order valence-electron chi connectivity index (χ1n) is 7.30. The van der Waals surface area contributed by atoms with Crippen molar-refractivity contribution in [1.29, 1.82) is 0 Å². The maximum absolute atomic E-state index is 11.7. The van der Waals surface area contributed by atoms with Crippen molar-refractivity contribution in [3.05, 3.63) is 21.9 Å². The number of likely N-dealkylation sites (tertiary alicyclic amines) is 1. The molecule has 0 atom stereocenters. The molecule has 0 aliphatic carbocycles. The number of carbonyl (C=O) groups is 1. The van der Waals surface area contributed by atoms with E-state index in [4.69, 9.17) is 9.84 Å². The maximum atomic E-state index is 11.7. The number of aliphatic hydroxyl groups is 1. The first-order valence-corrected chi connectivity index (χ1v) is 8.12. The molecule has 0 aromatic carbocycles. The minimum atomic E-state index is -0.103. The second-order valence-electron chi connectivity index (χ2n) is 5.03. The van der Waals surface area contributed by atoms with E-state index in [2.05, 4.69) is 22.8 Å². The summed E-state index contributed by atoms with van der Waals surface area (Å²) in [5.41, 5.74) is 0. The van der Waals surface area contributed by atoms with Gasteiger partial charge in [0, 0.05) is 11.4 Å². The molecule has 1 aromatic rings. The van der Waals surface area contributed by atoms with Gasteiger partial charge >= 0.3 is 5.97 Å². The summed E-state index contributed by atoms with van der Waals surface area (Å²) in [6, 6.07) is 4.08. The molecule has 0 spiro atoms. The number of piperidine rings is 1. The molecule has 4 nitrogen and oxygen atoms in total. The Morgan fingerprint density at radius 2 is 2.24 bits per heavy atom. The number of rotatable bonds is 4. The summed E-state index contributed by atoms with van der Waals surface area (Å²) in [6.07, 6.45) is 1.75. The quantitative estimate of drug-likeness (QED) is 0.681. The molecule has 0 unspecified atom stereocenters. The van der Waals surface area contributed by atoms with E-state index in [1.165, 1.54) is 4.88 Å². The normalized spacial score (nSPS) is 16.3. The van der Waals surface area contributed by atoms with Crippen LogP contribution in [-0.2, 0) is 16.1 Å². The molecule has 5 heteroatoms. The minimum Gasteiger partial charge on any atom is -0.466 e. The lowest BCUT2D eigenvalue weighted by molar-refractivity contribution is -0.149. The van der Waals surface area contributed by atoms with Crippen molar-refractivity contribution in [2.24, 2.45) is 5.92 Å². The van der Waals surface area contributed by atoms with E-state index in [0.717, 1.165) is 37.4 Å². The van der Waals surface area contributed by atoms with Gasteiger partial charge in [0.25, 0.3) is 0 Å². The largest absolute Gasteiger partial charge is 0.466 e. The SMILES string of the molecule is CCOC(=O)C1CCN(Cc2ccc(C#CCO)s2)CC1. The third-order valence-corrected chi connectivity index (χ3v) is 4.52. The van der Waals surface area contributed by atoms with Crippen LogP contribution in [0.1, 0.15) is 29.5 Å². The van der Waals surface area contributed by atoms with Crippen molar-refractivity contribution < 1.29 is 14.6 Å². The fraction of sp³-hybridized carbons (Fsp3) is 0.562. The Bertz CT molecular complexity index is 521. The fourth-order valence-corrected chi connectivity index (χ4v) is 3.39. The predicted molar refractivity (Wildman–Crippen MR) is 82.9 cm³/mol. The number of carbonyl (C=O) groups excluding carboxylic acids is 1. The molecule has 1 aliphatic heterocycles. The van der Waals surface area contributed by atoms with Crippen LogP contribution in [0, 0.1) is 17.8 Å². The lowest BCUT2D eigenvalue weighted by Crippen LogP contribution is -2.36. The van der Waals surface area contributed by atoms with E-state index in [1.807, 2.05) is 13.0 Å². The Kier molecular flexibility index (Phi) is 6.24. The van der Waals surface area contributed by atoms with Crippen LogP contribution >= 0.6 is 11.3 Å². The second-order valence-corrected chi connectivity index (χ2v) is 6.20. The summed E-state index contributed by atoms with van der Waals surface area (Å²) in [6.45, 7) is 4.97. The van der Waals surface area contributed by atoms with Gasteiger partial charge in [0.05, 0.1) is 17.4 Å². The highest BCUT2D eigenvalue weighted by Gasteiger charge is 2.25. The highest BCUT2D eigenvalue weighted by atomic mass is 32.1. The summed E-state index contributed by atoms with van der Waals surface area (Å²) in [5.74, 6) is 5.61. The summed E-state index contributed by atoms with van der Waals surface area (Å²) >= 11 is 1.66. The van der Waals surface area contributed by atoms with Gasteiger partial charge in [0.15, 0.2) is 0 Å². The summed E-state index contributed by atoms with van der Waals surface area (Å²) in [7, 11) is 0. The number of ether oxygens (including phenoxy) is 1. The fourth-order valence-electron chi connectivity index (χ4n) is 2.46. The van der Waals surface area contributed by atoms with Crippen molar-refractivity contribution in [2.45, 2.75) is 26.3 Å². The standard InChI is InChI=1S/C16H21NO3S/c1-2-20-16(19)13-7-9-17(10-8-13)12-15-6-5-14(21-15)4-3-11-18/h5-6,13,18H,2,7-12H2,1H3. The molecule has 1 aromatic heterocycles. The topological polar surface area (TPSA) is 49.8 Å². The lowest BCUT2D eigenvalue weighted by atomic mass is 9.97. The predicted octanol–water partition coefficient (Wildman–Crippen LogP) is 1.87. The Labute approximate surface area is 129 Å². The monoisotopic (exact) mass is 307 g/mol. The molecule has 0 amide bonds. The van der Waals surface area contributed by atoms with Gasteiger partial charge in [-0.3, -0.25) is 9.69 Å². The van der Waals surface area contributed by atoms with Crippen LogP contribution in [-0.4, -0.2) is 42.3 Å². The van der Waals surface area contributed by atoms with Gasteiger partial charge < -0.3 is 9.84 Å². The zero-order chi connectivity index (χ0) is 15.1. The van der Waals surface area contributed by atoms with Gasteiger partial charge in [-0.2, -0.15) is 0 Å². The Balaban J connectivity index is 1.80. The Hall–Kier alpha value is -1.35. The third kappa shape index (κ3) is 4.85. The molecule has 0 saturated carbocycles. The van der Waals surface area contributed by atoms with E-state index < -0.39 is 0 Å². The number of hydrogen-bond acceptors (Lipinski definition) is 5. The number of thiophene rings is 1. The van der Waals surface area contributed by atoms with Crippen LogP contribution in [0.5, 0.6) is 0 Å². The number of esters is 1. The van der Waals surface area contributed by atoms with Crippen molar-refractivity contribution >= 4 is 17.3 Å². The number of nitrogens with zero attached hydrogens (tertiary/aromatic N) is 1. The van der Waals surface area contributed by atoms with E-state index >= 15 is 0 Å². The van der Waals surface area contributed by atoms with Gasteiger partial charge in [-0.25, -0.2) is 0 Å². The van der Waals surface area contributed by atoms with E-state index in [0.29, 0.717) is 6.61 Å². The van der Waals surface area contributed by atoms with E-state index in [9.17, 15) is 4.79 Å². The van der Waals surface area contributed by atoms with Gasteiger partial charge in [0.1, 0.15) is 6.61 Å². The molecule has 1 saturated heterocycles. The molecule has 114 valence electrons. The van der Waals surface area contributed by atoms with Crippen molar-refractivity contribution in [1.82, 2.24) is 4.90 Å². The molecular weight excluding hydrogens is 286 g/mol. The molecule has 21 heavy (non-hydrogen) atoms. The first-order chi connectivity index (χ1) is 10.2. The zero-order valence-corrected chi connectivity index (χ0v) is 13.1. The van der Waals surface area contributed by atoms with Gasteiger partial charge in [-0.1, -0.05) is 11.8 Å². The molecule has 2 heterocycles. The summed E-state index contributed by atoms with van der Waals surface area (Å²) in [4.78, 5) is 16.3. The van der Waals surface area contributed by atoms with Gasteiger partial charge in [0.2, 0.25) is 0 Å². The van der Waals surface area contributed by atoms with Gasteiger partial charge in [-0.15, -0.1) is 11.3 Å². The summed E-state index contributed by atoms with van der Waals surface area (Å²) < 4.78 is 5.08. The van der Waals surface area contributed by atoms with E-state index in [-0.39, 0.29) is 18.5 Å². The average Bonchev–Trinajstić information content (AvgIpc) is 2.93. The van der Waals surface area contributed by atoms with Crippen LogP contribution in [0.2, 0.25) is 0 Å². The molecule has 1 aliphatic rings. The first kappa shape index (κ1) is 16.0. The number of aliphatic hydroxyl groups excluding tert-OH is 1. The average molecular weight is 307 g/mol. The zero-order valence-electron chi connectivity index (χ0n) is 12.3. The number of hydrogen-bond donors (Lipinski definition) is 1. The summed E-state index contributed by atoms with van der Waals surface area (Å²) in [5, 5.41) is 8.69. The van der Waals surface area contributed by atoms with Crippen LogP contribution in [0.25, 0.3) is 0 Å². The van der Waals surface area contributed by atoms with Crippen molar-refractivity contribution in [3.63, 3.8) is 0 Å². The minimum absolute atomic E-state index is 0.0464. The van der Waals surface area contributed by atoms with Crippen molar-refractivity contribution in [2.75, 3.05) is 26.3 Å². The lowest BCUT2D eigenvalue weighted by Gasteiger charge is -2.30. The van der Waals surface area contributed by atoms with Crippen LogP contribution in [0.15, 0.2) is 12.1 Å². The van der Waals surface area contributed by atoms with E-state index in [1.54, 1.807) is 11.3 Å². The molecule has 2 rings (SSSR count). The molecular formula is C16H21NO3S. The highest BCUT2D eigenvalue weighted by Crippen LogP contribution is 2.23. The Morgan fingerprint density at radius 3 is 2.90 bits per heavy atom. The van der Waals surface area contributed by atoms with Crippen LogP contribution in [0.3, 0.4) is 0 Å². The van der Waals surface area contributed by atoms with Crippen LogP contribution < -0.4 is 0 Å². The maximum Gasteiger partial charge on any atom is 0.309 e. The Morgan fingerprint density at radius 1 is 1.48 bits per heavy atom. The highest BCUT2D eigenvalue weighted by molar-refractivity contribution is 7.12. The molecule has 1 N–H and O–H groups in total.